The van der Waals surface area contributed by atoms with Crippen molar-refractivity contribution in [3.63, 3.8) is 0 Å². The summed E-state index contributed by atoms with van der Waals surface area (Å²) >= 11 is 1.37. The summed E-state index contributed by atoms with van der Waals surface area (Å²) < 4.78 is 6.01. The minimum Gasteiger partial charge on any atom is -0.451 e. The predicted octanol–water partition coefficient (Wildman–Crippen LogP) is 3.34. The van der Waals surface area contributed by atoms with Crippen LogP contribution in [0.1, 0.15) is 16.1 Å². The van der Waals surface area contributed by atoms with Crippen LogP contribution >= 0.6 is 11.3 Å². The second kappa shape index (κ2) is 7.08. The number of esters is 1. The fraction of sp³-hybridized carbons (Fsp3) is 0.105. The lowest BCUT2D eigenvalue weighted by Crippen LogP contribution is -2.21. The van der Waals surface area contributed by atoms with E-state index in [1.165, 1.54) is 17.5 Å². The van der Waals surface area contributed by atoms with Gasteiger partial charge in [0.15, 0.2) is 17.4 Å². The Morgan fingerprint density at radius 1 is 1.07 bits per heavy atom. The quantitative estimate of drug-likeness (QED) is 0.547. The predicted molar refractivity (Wildman–Crippen MR) is 103 cm³/mol. The van der Waals surface area contributed by atoms with Gasteiger partial charge < -0.3 is 4.74 Å². The first-order valence-electron chi connectivity index (χ1n) is 8.14. The number of hydrogen-bond donors (Lipinski definition) is 1. The lowest BCUT2D eigenvalue weighted by atomic mass is 10.2. The molecule has 2 heterocycles. The van der Waals surface area contributed by atoms with Crippen molar-refractivity contribution >= 4 is 49.6 Å². The molecule has 2 aromatic heterocycles. The molecular weight excluding hydrogens is 364 g/mol. The maximum Gasteiger partial charge on any atom is 0.359 e. The van der Waals surface area contributed by atoms with E-state index in [2.05, 4.69) is 20.3 Å². The van der Waals surface area contributed by atoms with Crippen LogP contribution in [0, 0.1) is 6.92 Å². The van der Waals surface area contributed by atoms with Gasteiger partial charge in [-0.25, -0.2) is 14.8 Å². The number of aryl methyl sites for hydroxylation is 1. The van der Waals surface area contributed by atoms with Crippen LogP contribution in [0.4, 0.5) is 5.13 Å². The second-order valence-corrected chi connectivity index (χ2v) is 6.89. The van der Waals surface area contributed by atoms with Crippen LogP contribution in [0.5, 0.6) is 0 Å². The summed E-state index contributed by atoms with van der Waals surface area (Å²) in [6.07, 6.45) is 1.33. The highest BCUT2D eigenvalue weighted by Gasteiger charge is 2.14. The summed E-state index contributed by atoms with van der Waals surface area (Å²) in [7, 11) is 0. The lowest BCUT2D eigenvalue weighted by Gasteiger charge is -2.04. The van der Waals surface area contributed by atoms with Crippen LogP contribution in [0.2, 0.25) is 0 Å². The Balaban J connectivity index is 1.39. The van der Waals surface area contributed by atoms with Gasteiger partial charge in [0.25, 0.3) is 5.91 Å². The van der Waals surface area contributed by atoms with Gasteiger partial charge in [-0.15, -0.1) is 0 Å². The SMILES string of the molecule is Cc1ccc2nc(NC(=O)COC(=O)c3cnc4ccccc4n3)sc2c1. The smallest absolute Gasteiger partial charge is 0.359 e. The maximum atomic E-state index is 12.1. The first kappa shape index (κ1) is 17.0. The topological polar surface area (TPSA) is 94.1 Å². The summed E-state index contributed by atoms with van der Waals surface area (Å²) in [5.41, 5.74) is 3.25. The normalized spacial score (nSPS) is 10.9. The number of carbonyl (C=O) groups is 2. The molecule has 0 saturated heterocycles. The van der Waals surface area contributed by atoms with Crippen molar-refractivity contribution < 1.29 is 14.3 Å². The molecule has 4 rings (SSSR count). The molecule has 0 spiro atoms. The Kier molecular flexibility index (Phi) is 4.47. The fourth-order valence-corrected chi connectivity index (χ4v) is 3.48. The van der Waals surface area contributed by atoms with E-state index >= 15 is 0 Å². The van der Waals surface area contributed by atoms with Crippen molar-refractivity contribution in [1.29, 1.82) is 0 Å². The summed E-state index contributed by atoms with van der Waals surface area (Å²) in [6.45, 7) is 1.56. The van der Waals surface area contributed by atoms with Gasteiger partial charge in [-0.1, -0.05) is 29.5 Å². The van der Waals surface area contributed by atoms with Crippen LogP contribution in [0.25, 0.3) is 21.3 Å². The molecule has 7 nitrogen and oxygen atoms in total. The van der Waals surface area contributed by atoms with Crippen LogP contribution in [-0.2, 0) is 9.53 Å². The number of nitrogens with one attached hydrogen (secondary N) is 1. The molecule has 4 aromatic rings. The van der Waals surface area contributed by atoms with E-state index in [4.69, 9.17) is 4.74 Å². The number of hydrogen-bond acceptors (Lipinski definition) is 7. The second-order valence-electron chi connectivity index (χ2n) is 5.86. The summed E-state index contributed by atoms with van der Waals surface area (Å²) in [5, 5.41) is 3.10. The number of fused-ring (bicyclic) bond motifs is 2. The molecule has 134 valence electrons. The molecule has 0 saturated carbocycles. The number of amides is 1. The summed E-state index contributed by atoms with van der Waals surface area (Å²) in [6, 6.07) is 13.0. The van der Waals surface area contributed by atoms with Gasteiger partial charge >= 0.3 is 5.97 Å². The van der Waals surface area contributed by atoms with Gasteiger partial charge in [-0.3, -0.25) is 15.1 Å². The number of nitrogens with zero attached hydrogens (tertiary/aromatic N) is 3. The van der Waals surface area contributed by atoms with Crippen molar-refractivity contribution in [3.8, 4) is 0 Å². The monoisotopic (exact) mass is 378 g/mol. The van der Waals surface area contributed by atoms with E-state index in [0.29, 0.717) is 16.2 Å². The zero-order valence-electron chi connectivity index (χ0n) is 14.3. The van der Waals surface area contributed by atoms with E-state index in [-0.39, 0.29) is 5.69 Å². The zero-order chi connectivity index (χ0) is 18.8. The van der Waals surface area contributed by atoms with Crippen molar-refractivity contribution in [2.75, 3.05) is 11.9 Å². The molecule has 0 aliphatic heterocycles. The summed E-state index contributed by atoms with van der Waals surface area (Å²) in [5.74, 6) is -1.17. The molecule has 0 unspecified atom stereocenters. The number of rotatable bonds is 4. The average molecular weight is 378 g/mol. The van der Waals surface area contributed by atoms with Gasteiger partial charge in [0.05, 0.1) is 27.4 Å². The number of thiazole rings is 1. The van der Waals surface area contributed by atoms with Crippen molar-refractivity contribution in [3.05, 3.63) is 59.9 Å². The minimum absolute atomic E-state index is 0.0527. The van der Waals surface area contributed by atoms with E-state index in [1.54, 1.807) is 18.2 Å². The van der Waals surface area contributed by atoms with E-state index < -0.39 is 18.5 Å². The molecule has 0 atom stereocenters. The van der Waals surface area contributed by atoms with Gasteiger partial charge in [0, 0.05) is 0 Å². The van der Waals surface area contributed by atoms with Gasteiger partial charge in [-0.2, -0.15) is 0 Å². The average Bonchev–Trinajstić information content (AvgIpc) is 3.06. The number of anilines is 1. The molecule has 8 heteroatoms. The first-order chi connectivity index (χ1) is 13.1. The number of ether oxygens (including phenoxy) is 1. The third kappa shape index (κ3) is 3.75. The zero-order valence-corrected chi connectivity index (χ0v) is 15.1. The van der Waals surface area contributed by atoms with Gasteiger partial charge in [-0.05, 0) is 36.8 Å². The van der Waals surface area contributed by atoms with Crippen molar-refractivity contribution in [2.24, 2.45) is 0 Å². The van der Waals surface area contributed by atoms with E-state index in [0.717, 1.165) is 15.8 Å². The highest BCUT2D eigenvalue weighted by atomic mass is 32.1. The fourth-order valence-electron chi connectivity index (χ4n) is 2.50. The number of para-hydroxylation sites is 2. The first-order valence-corrected chi connectivity index (χ1v) is 8.96. The molecule has 1 N–H and O–H groups in total. The van der Waals surface area contributed by atoms with Gasteiger partial charge in [0.2, 0.25) is 0 Å². The van der Waals surface area contributed by atoms with Crippen LogP contribution < -0.4 is 5.32 Å². The Morgan fingerprint density at radius 2 is 1.89 bits per heavy atom. The van der Waals surface area contributed by atoms with E-state index in [9.17, 15) is 9.59 Å². The minimum atomic E-state index is -0.705. The van der Waals surface area contributed by atoms with Crippen molar-refractivity contribution in [2.45, 2.75) is 6.92 Å². The highest BCUT2D eigenvalue weighted by molar-refractivity contribution is 7.22. The van der Waals surface area contributed by atoms with Crippen LogP contribution in [-0.4, -0.2) is 33.4 Å². The molecular formula is C19H14N4O3S. The largest absolute Gasteiger partial charge is 0.451 e. The molecule has 0 fully saturated rings. The third-order valence-corrected chi connectivity index (χ3v) is 4.72. The standard InChI is InChI=1S/C19H14N4O3S/c1-11-6-7-14-16(8-11)27-19(22-14)23-17(24)10-26-18(25)15-9-20-12-4-2-3-5-13(12)21-15/h2-9H,10H2,1H3,(H,22,23,24). The molecule has 0 radical (unpaired) electrons. The molecule has 0 bridgehead atoms. The van der Waals surface area contributed by atoms with E-state index in [1.807, 2.05) is 31.2 Å². The third-order valence-electron chi connectivity index (χ3n) is 3.78. The molecule has 27 heavy (non-hydrogen) atoms. The molecule has 0 aliphatic carbocycles. The maximum absolute atomic E-state index is 12.1. The summed E-state index contributed by atoms with van der Waals surface area (Å²) in [4.78, 5) is 36.8. The van der Waals surface area contributed by atoms with Gasteiger partial charge in [0.1, 0.15) is 0 Å². The Labute approximate surface area is 158 Å². The molecule has 0 aliphatic rings. The highest BCUT2D eigenvalue weighted by Crippen LogP contribution is 2.26. The number of benzene rings is 2. The Hall–Kier alpha value is -3.39. The number of aromatic nitrogens is 3. The molecule has 2 aromatic carbocycles. The van der Waals surface area contributed by atoms with Crippen LogP contribution in [0.15, 0.2) is 48.7 Å². The van der Waals surface area contributed by atoms with Crippen molar-refractivity contribution in [1.82, 2.24) is 15.0 Å². The number of carbonyl (C=O) groups excluding carboxylic acids is 2. The Bertz CT molecular complexity index is 1170. The lowest BCUT2D eigenvalue weighted by molar-refractivity contribution is -0.119. The van der Waals surface area contributed by atoms with Crippen LogP contribution in [0.3, 0.4) is 0 Å². The molecule has 1 amide bonds. The Morgan fingerprint density at radius 3 is 2.74 bits per heavy atom.